The molecule has 0 fully saturated rings. The zero-order valence-corrected chi connectivity index (χ0v) is 22.8. The van der Waals surface area contributed by atoms with E-state index in [4.69, 9.17) is 0 Å². The minimum atomic E-state index is -0.790. The van der Waals surface area contributed by atoms with Crippen molar-refractivity contribution in [2.24, 2.45) is 5.92 Å². The Morgan fingerprint density at radius 1 is 0.515 bits per heavy atom. The highest BCUT2D eigenvalue weighted by Crippen LogP contribution is 2.25. The van der Waals surface area contributed by atoms with E-state index in [0.29, 0.717) is 5.57 Å². The van der Waals surface area contributed by atoms with Crippen molar-refractivity contribution in [2.45, 2.75) is 174 Å². The molecule has 33 heavy (non-hydrogen) atoms. The van der Waals surface area contributed by atoms with Crippen LogP contribution in [0.3, 0.4) is 0 Å². The van der Waals surface area contributed by atoms with E-state index in [-0.39, 0.29) is 5.92 Å². The summed E-state index contributed by atoms with van der Waals surface area (Å²) >= 11 is 0. The average molecular weight is 465 g/mol. The van der Waals surface area contributed by atoms with E-state index in [9.17, 15) is 9.90 Å². The summed E-state index contributed by atoms with van der Waals surface area (Å²) < 4.78 is 0. The topological polar surface area (TPSA) is 37.3 Å². The van der Waals surface area contributed by atoms with E-state index in [1.54, 1.807) is 0 Å². The summed E-state index contributed by atoms with van der Waals surface area (Å²) in [4.78, 5) is 11.5. The molecule has 1 atom stereocenters. The third-order valence-electron chi connectivity index (χ3n) is 7.33. The Balaban J connectivity index is 3.69. The number of aliphatic carboxylic acids is 1. The second-order valence-electron chi connectivity index (χ2n) is 10.5. The maximum absolute atomic E-state index is 11.5. The maximum atomic E-state index is 11.5. The number of carboxylic acids is 1. The largest absolute Gasteiger partial charge is 0.478 e. The van der Waals surface area contributed by atoms with Gasteiger partial charge in [-0.1, -0.05) is 168 Å². The van der Waals surface area contributed by atoms with Crippen molar-refractivity contribution in [2.75, 3.05) is 0 Å². The van der Waals surface area contributed by atoms with Gasteiger partial charge in [0.2, 0.25) is 0 Å². The Labute approximate surface area is 208 Å². The molecule has 0 saturated carbocycles. The highest BCUT2D eigenvalue weighted by atomic mass is 16.4. The Hall–Kier alpha value is -0.790. The summed E-state index contributed by atoms with van der Waals surface area (Å²) in [5.41, 5.74) is 0.449. The number of hydrogen-bond donors (Lipinski definition) is 1. The van der Waals surface area contributed by atoms with Crippen LogP contribution in [0.1, 0.15) is 174 Å². The zero-order chi connectivity index (χ0) is 24.4. The molecular weight excluding hydrogens is 404 g/mol. The number of carbonyl (C=O) groups is 1. The fraction of sp³-hybridized carbons (Fsp3) is 0.903. The van der Waals surface area contributed by atoms with Crippen LogP contribution in [0.4, 0.5) is 0 Å². The minimum Gasteiger partial charge on any atom is -0.478 e. The molecule has 196 valence electrons. The molecule has 1 N–H and O–H groups in total. The molecule has 0 rings (SSSR count). The normalized spacial score (nSPS) is 12.2. The first kappa shape index (κ1) is 32.2. The molecule has 1 unspecified atom stereocenters. The molecule has 0 aliphatic carbocycles. The first-order valence-electron chi connectivity index (χ1n) is 15.1. The number of rotatable bonds is 27. The van der Waals surface area contributed by atoms with Crippen molar-refractivity contribution in [1.82, 2.24) is 0 Å². The van der Waals surface area contributed by atoms with Crippen molar-refractivity contribution in [1.29, 1.82) is 0 Å². The first-order valence-corrected chi connectivity index (χ1v) is 15.1. The van der Waals surface area contributed by atoms with Crippen molar-refractivity contribution in [3.05, 3.63) is 12.2 Å². The Morgan fingerprint density at radius 2 is 0.758 bits per heavy atom. The van der Waals surface area contributed by atoms with Gasteiger partial charge in [0.05, 0.1) is 0 Å². The first-order chi connectivity index (χ1) is 16.1. The van der Waals surface area contributed by atoms with Gasteiger partial charge in [0.15, 0.2) is 0 Å². The Kier molecular flexibility index (Phi) is 25.2. The summed E-state index contributed by atoms with van der Waals surface area (Å²) in [6.45, 7) is 8.45. The van der Waals surface area contributed by atoms with Crippen LogP contribution in [0.15, 0.2) is 12.2 Å². The van der Waals surface area contributed by atoms with Gasteiger partial charge in [-0.05, 0) is 18.8 Å². The number of unbranched alkanes of at least 4 members (excludes halogenated alkanes) is 21. The molecule has 0 aromatic carbocycles. The molecule has 0 bridgehead atoms. The lowest BCUT2D eigenvalue weighted by atomic mass is 9.88. The molecule has 2 nitrogen and oxygen atoms in total. The summed E-state index contributed by atoms with van der Waals surface area (Å²) in [7, 11) is 0. The third-order valence-corrected chi connectivity index (χ3v) is 7.33. The lowest BCUT2D eigenvalue weighted by molar-refractivity contribution is -0.133. The van der Waals surface area contributed by atoms with Crippen LogP contribution in [0.5, 0.6) is 0 Å². The number of hydrogen-bond acceptors (Lipinski definition) is 1. The maximum Gasteiger partial charge on any atom is 0.331 e. The minimum absolute atomic E-state index is 0.184. The quantitative estimate of drug-likeness (QED) is 0.0969. The van der Waals surface area contributed by atoms with Gasteiger partial charge in [0.25, 0.3) is 0 Å². The van der Waals surface area contributed by atoms with Crippen LogP contribution >= 0.6 is 0 Å². The van der Waals surface area contributed by atoms with E-state index >= 15 is 0 Å². The van der Waals surface area contributed by atoms with Crippen molar-refractivity contribution < 1.29 is 9.90 Å². The molecule has 2 heteroatoms. The standard InChI is InChI=1S/C31H60O2/c1-4-6-8-10-12-14-16-17-18-20-22-24-26-28-30(29(3)31(32)33)27-25-23-21-19-15-13-11-9-7-5-2/h30H,3-28H2,1-2H3,(H,32,33). The fourth-order valence-corrected chi connectivity index (χ4v) is 4.95. The molecule has 0 amide bonds. The SMILES string of the molecule is C=C(C(=O)O)C(CCCCCCCCCCCC)CCCCCCCCCCCCCCC. The molecule has 0 heterocycles. The Bertz CT molecular complexity index is 429. The van der Waals surface area contributed by atoms with Crippen LogP contribution in [-0.4, -0.2) is 11.1 Å². The highest BCUT2D eigenvalue weighted by Gasteiger charge is 2.17. The van der Waals surface area contributed by atoms with Gasteiger partial charge in [-0.3, -0.25) is 0 Å². The molecule has 0 aliphatic rings. The van der Waals surface area contributed by atoms with Gasteiger partial charge in [0.1, 0.15) is 0 Å². The molecular formula is C31H60O2. The van der Waals surface area contributed by atoms with Crippen molar-refractivity contribution in [3.63, 3.8) is 0 Å². The van der Waals surface area contributed by atoms with Crippen LogP contribution in [0.25, 0.3) is 0 Å². The molecule has 0 aromatic rings. The van der Waals surface area contributed by atoms with E-state index in [1.165, 1.54) is 135 Å². The van der Waals surface area contributed by atoms with Gasteiger partial charge < -0.3 is 5.11 Å². The third kappa shape index (κ3) is 22.8. The molecule has 0 spiro atoms. The van der Waals surface area contributed by atoms with Gasteiger partial charge in [-0.15, -0.1) is 0 Å². The average Bonchev–Trinajstić information content (AvgIpc) is 2.81. The lowest BCUT2D eigenvalue weighted by Crippen LogP contribution is -2.12. The second kappa shape index (κ2) is 25.8. The molecule has 0 radical (unpaired) electrons. The number of carboxylic acid groups (broad SMARTS) is 1. The van der Waals surface area contributed by atoms with Crippen molar-refractivity contribution >= 4 is 5.97 Å². The molecule has 0 aliphatic heterocycles. The monoisotopic (exact) mass is 464 g/mol. The van der Waals surface area contributed by atoms with E-state index in [0.717, 1.165) is 25.7 Å². The van der Waals surface area contributed by atoms with Gasteiger partial charge >= 0.3 is 5.97 Å². The smallest absolute Gasteiger partial charge is 0.331 e. The van der Waals surface area contributed by atoms with Crippen LogP contribution in [0.2, 0.25) is 0 Å². The van der Waals surface area contributed by atoms with Gasteiger partial charge in [-0.2, -0.15) is 0 Å². The van der Waals surface area contributed by atoms with Crippen LogP contribution < -0.4 is 0 Å². The summed E-state index contributed by atoms with van der Waals surface area (Å²) in [5.74, 6) is -0.606. The zero-order valence-electron chi connectivity index (χ0n) is 22.8. The predicted molar refractivity (Wildman–Crippen MR) is 147 cm³/mol. The lowest BCUT2D eigenvalue weighted by Gasteiger charge is -2.17. The molecule has 0 saturated heterocycles. The van der Waals surface area contributed by atoms with E-state index in [2.05, 4.69) is 20.4 Å². The fourth-order valence-electron chi connectivity index (χ4n) is 4.95. The van der Waals surface area contributed by atoms with Gasteiger partial charge in [0, 0.05) is 5.57 Å². The second-order valence-corrected chi connectivity index (χ2v) is 10.5. The summed E-state index contributed by atoms with van der Waals surface area (Å²) in [6.07, 6.45) is 33.0. The summed E-state index contributed by atoms with van der Waals surface area (Å²) in [6, 6.07) is 0. The Morgan fingerprint density at radius 3 is 1.00 bits per heavy atom. The van der Waals surface area contributed by atoms with Crippen molar-refractivity contribution in [3.8, 4) is 0 Å². The summed E-state index contributed by atoms with van der Waals surface area (Å²) in [5, 5.41) is 9.42. The van der Waals surface area contributed by atoms with Gasteiger partial charge in [-0.25, -0.2) is 4.79 Å². The predicted octanol–water partition coefficient (Wildman–Crippen LogP) is 11.0. The van der Waals surface area contributed by atoms with E-state index in [1.807, 2.05) is 0 Å². The van der Waals surface area contributed by atoms with Crippen LogP contribution in [-0.2, 0) is 4.79 Å². The van der Waals surface area contributed by atoms with Crippen LogP contribution in [0, 0.1) is 5.92 Å². The molecule has 0 aromatic heterocycles. The van der Waals surface area contributed by atoms with E-state index < -0.39 is 5.97 Å². The highest BCUT2D eigenvalue weighted by molar-refractivity contribution is 5.86.